The lowest BCUT2D eigenvalue weighted by molar-refractivity contribution is -0.142. The van der Waals surface area contributed by atoms with Gasteiger partial charge in [0.25, 0.3) is 5.91 Å². The first-order valence-electron chi connectivity index (χ1n) is 11.4. The van der Waals surface area contributed by atoms with Crippen LogP contribution >= 0.6 is 23.4 Å². The van der Waals surface area contributed by atoms with Crippen molar-refractivity contribution in [3.63, 3.8) is 0 Å². The molecule has 0 saturated carbocycles. The first kappa shape index (κ1) is 27.5. The number of thioether (sulfide) groups is 1. The summed E-state index contributed by atoms with van der Waals surface area (Å²) in [7, 11) is 0. The lowest BCUT2D eigenvalue weighted by Gasteiger charge is -2.34. The van der Waals surface area contributed by atoms with Gasteiger partial charge in [-0.05, 0) is 48.4 Å². The summed E-state index contributed by atoms with van der Waals surface area (Å²) in [6.07, 6.45) is 0.355. The summed E-state index contributed by atoms with van der Waals surface area (Å²) in [5, 5.41) is 20.0. The van der Waals surface area contributed by atoms with Gasteiger partial charge in [-0.15, -0.1) is 11.8 Å². The van der Waals surface area contributed by atoms with Crippen LogP contribution in [0.1, 0.15) is 22.3 Å². The number of benzene rings is 2. The molecule has 3 rings (SSSR count). The van der Waals surface area contributed by atoms with Gasteiger partial charge in [-0.3, -0.25) is 24.1 Å². The number of rotatable bonds is 11. The van der Waals surface area contributed by atoms with E-state index in [-0.39, 0.29) is 11.7 Å². The number of nitrogens with one attached hydrogen (secondary N) is 1. The van der Waals surface area contributed by atoms with Crippen LogP contribution in [0.2, 0.25) is 5.02 Å². The van der Waals surface area contributed by atoms with Gasteiger partial charge in [0.2, 0.25) is 5.91 Å². The number of carbonyl (C=O) groups is 4. The number of nitrogens with zero attached hydrogens (tertiary/aromatic N) is 2. The highest BCUT2D eigenvalue weighted by Crippen LogP contribution is 2.18. The molecule has 1 heterocycles. The largest absolute Gasteiger partial charge is 0.481 e. The van der Waals surface area contributed by atoms with Gasteiger partial charge in [0, 0.05) is 49.0 Å². The van der Waals surface area contributed by atoms with Gasteiger partial charge in [-0.1, -0.05) is 23.7 Å². The van der Waals surface area contributed by atoms with E-state index in [2.05, 4.69) is 10.2 Å². The molecule has 2 aromatic rings. The second kappa shape index (κ2) is 13.3. The van der Waals surface area contributed by atoms with E-state index in [4.69, 9.17) is 21.8 Å². The molecule has 1 unspecified atom stereocenters. The molecule has 1 aliphatic heterocycles. The predicted octanol–water partition coefficient (Wildman–Crippen LogP) is 2.94. The Labute approximate surface area is 218 Å². The molecule has 0 radical (unpaired) electrons. The monoisotopic (exact) mass is 533 g/mol. The van der Waals surface area contributed by atoms with E-state index in [1.807, 2.05) is 29.2 Å². The Morgan fingerprint density at radius 2 is 1.58 bits per heavy atom. The number of hydrogen-bond donors (Lipinski definition) is 3. The van der Waals surface area contributed by atoms with Crippen LogP contribution in [0.4, 0.5) is 5.69 Å². The Hall–Kier alpha value is -3.08. The number of aliphatic carboxylic acids is 2. The minimum absolute atomic E-state index is 0.0706. The fourth-order valence-electron chi connectivity index (χ4n) is 3.74. The SMILES string of the molecule is O=C(O)CC(SCC(=O)Nc1ccc(C(=O)N2CCN(CCc3ccc(Cl)cc3)CC2)cc1)C(=O)O. The Morgan fingerprint density at radius 1 is 0.944 bits per heavy atom. The Kier molecular flexibility index (Phi) is 10.2. The maximum Gasteiger partial charge on any atom is 0.317 e. The van der Waals surface area contributed by atoms with E-state index in [1.54, 1.807) is 24.3 Å². The van der Waals surface area contributed by atoms with Crippen molar-refractivity contribution in [3.8, 4) is 0 Å². The molecule has 1 saturated heterocycles. The third-order valence-electron chi connectivity index (χ3n) is 5.76. The van der Waals surface area contributed by atoms with Crippen LogP contribution < -0.4 is 5.32 Å². The van der Waals surface area contributed by atoms with E-state index in [1.165, 1.54) is 5.56 Å². The number of amides is 2. The van der Waals surface area contributed by atoms with Crippen LogP contribution in [0, 0.1) is 0 Å². The van der Waals surface area contributed by atoms with Gasteiger partial charge in [-0.25, -0.2) is 0 Å². The molecule has 3 N–H and O–H groups in total. The number of anilines is 1. The van der Waals surface area contributed by atoms with Crippen molar-refractivity contribution in [2.75, 3.05) is 43.8 Å². The van der Waals surface area contributed by atoms with Crippen LogP contribution in [0.3, 0.4) is 0 Å². The van der Waals surface area contributed by atoms with E-state index in [0.717, 1.165) is 42.8 Å². The zero-order valence-electron chi connectivity index (χ0n) is 19.6. The fourth-order valence-corrected chi connectivity index (χ4v) is 4.69. The molecule has 1 atom stereocenters. The predicted molar refractivity (Wildman–Crippen MR) is 139 cm³/mol. The van der Waals surface area contributed by atoms with Crippen molar-refractivity contribution >= 4 is 52.8 Å². The Balaban J connectivity index is 1.42. The number of carboxylic acids is 2. The summed E-state index contributed by atoms with van der Waals surface area (Å²) < 4.78 is 0. The molecule has 0 bridgehead atoms. The summed E-state index contributed by atoms with van der Waals surface area (Å²) in [5.41, 5.74) is 2.21. The van der Waals surface area contributed by atoms with Crippen molar-refractivity contribution in [3.05, 3.63) is 64.7 Å². The molecule has 9 nitrogen and oxygen atoms in total. The van der Waals surface area contributed by atoms with E-state index < -0.39 is 29.5 Å². The lowest BCUT2D eigenvalue weighted by Crippen LogP contribution is -2.49. The van der Waals surface area contributed by atoms with Crippen molar-refractivity contribution in [1.29, 1.82) is 0 Å². The highest BCUT2D eigenvalue weighted by Gasteiger charge is 2.23. The van der Waals surface area contributed by atoms with Crippen LogP contribution in [-0.4, -0.2) is 87.5 Å². The highest BCUT2D eigenvalue weighted by atomic mass is 35.5. The quantitative estimate of drug-likeness (QED) is 0.402. The normalized spacial score (nSPS) is 14.8. The van der Waals surface area contributed by atoms with Crippen molar-refractivity contribution in [1.82, 2.24) is 9.80 Å². The first-order chi connectivity index (χ1) is 17.2. The molecule has 2 aromatic carbocycles. The summed E-state index contributed by atoms with van der Waals surface area (Å²) in [6, 6.07) is 14.3. The topological polar surface area (TPSA) is 127 Å². The average molecular weight is 534 g/mol. The molecular formula is C25H28ClN3O6S. The molecule has 0 aromatic heterocycles. The van der Waals surface area contributed by atoms with Gasteiger partial charge in [0.05, 0.1) is 12.2 Å². The molecule has 36 heavy (non-hydrogen) atoms. The highest BCUT2D eigenvalue weighted by molar-refractivity contribution is 8.01. The molecule has 1 aliphatic rings. The number of hydrogen-bond acceptors (Lipinski definition) is 6. The molecule has 0 aliphatic carbocycles. The first-order valence-corrected chi connectivity index (χ1v) is 12.9. The number of carbonyl (C=O) groups excluding carboxylic acids is 2. The van der Waals surface area contributed by atoms with Crippen LogP contribution in [0.5, 0.6) is 0 Å². The summed E-state index contributed by atoms with van der Waals surface area (Å²) in [5.74, 6) is -3.24. The van der Waals surface area contributed by atoms with Gasteiger partial charge in [-0.2, -0.15) is 0 Å². The molecule has 1 fully saturated rings. The molecule has 0 spiro atoms. The maximum atomic E-state index is 12.9. The molecular weight excluding hydrogens is 506 g/mol. The maximum absolute atomic E-state index is 12.9. The Morgan fingerprint density at radius 3 is 2.17 bits per heavy atom. The van der Waals surface area contributed by atoms with Crippen LogP contribution in [0.15, 0.2) is 48.5 Å². The van der Waals surface area contributed by atoms with E-state index >= 15 is 0 Å². The van der Waals surface area contributed by atoms with Crippen LogP contribution in [0.25, 0.3) is 0 Å². The number of piperazine rings is 1. The third-order valence-corrected chi connectivity index (χ3v) is 7.21. The average Bonchev–Trinajstić information content (AvgIpc) is 2.86. The molecule has 2 amide bonds. The van der Waals surface area contributed by atoms with Crippen molar-refractivity contribution < 1.29 is 29.4 Å². The minimum Gasteiger partial charge on any atom is -0.481 e. The third kappa shape index (κ3) is 8.54. The zero-order valence-corrected chi connectivity index (χ0v) is 21.1. The summed E-state index contributed by atoms with van der Waals surface area (Å²) >= 11 is 6.68. The van der Waals surface area contributed by atoms with E-state index in [0.29, 0.717) is 24.3 Å². The van der Waals surface area contributed by atoms with Gasteiger partial charge in [0.15, 0.2) is 0 Å². The fraction of sp³-hybridized carbons (Fsp3) is 0.360. The standard InChI is InChI=1S/C25H28ClN3O6S/c26-19-5-1-17(2-6-19)9-10-28-11-13-29(14-12-28)24(33)18-3-7-20(8-4-18)27-22(30)16-36-21(25(34)35)15-23(31)32/h1-8,21H,9-16H2,(H,27,30)(H,31,32)(H,34,35). The van der Waals surface area contributed by atoms with Crippen molar-refractivity contribution in [2.45, 2.75) is 18.1 Å². The lowest BCUT2D eigenvalue weighted by atomic mass is 10.1. The smallest absolute Gasteiger partial charge is 0.317 e. The summed E-state index contributed by atoms with van der Waals surface area (Å²) in [4.78, 5) is 51.0. The number of halogens is 1. The van der Waals surface area contributed by atoms with Gasteiger partial charge < -0.3 is 20.4 Å². The summed E-state index contributed by atoms with van der Waals surface area (Å²) in [6.45, 7) is 3.78. The van der Waals surface area contributed by atoms with Crippen LogP contribution in [-0.2, 0) is 20.8 Å². The second-order valence-corrected chi connectivity index (χ2v) is 10.00. The Bertz CT molecular complexity index is 1070. The molecule has 11 heteroatoms. The van der Waals surface area contributed by atoms with Gasteiger partial charge in [0.1, 0.15) is 5.25 Å². The minimum atomic E-state index is -1.28. The number of carboxylic acid groups (broad SMARTS) is 2. The van der Waals surface area contributed by atoms with Gasteiger partial charge >= 0.3 is 11.9 Å². The molecule has 192 valence electrons. The zero-order chi connectivity index (χ0) is 26.1. The second-order valence-electron chi connectivity index (χ2n) is 8.37. The van der Waals surface area contributed by atoms with Crippen molar-refractivity contribution in [2.24, 2.45) is 0 Å². The van der Waals surface area contributed by atoms with E-state index in [9.17, 15) is 19.2 Å².